The highest BCUT2D eigenvalue weighted by Gasteiger charge is 2.63. The number of ether oxygens (including phenoxy) is 2. The second-order valence-electron chi connectivity index (χ2n) is 9.59. The Bertz CT molecular complexity index is 1050. The number of carboxylic acids is 1. The molecule has 6 nitrogen and oxygen atoms in total. The third-order valence-corrected chi connectivity index (χ3v) is 6.66. The van der Waals surface area contributed by atoms with Gasteiger partial charge in [-0.1, -0.05) is 23.7 Å². The van der Waals surface area contributed by atoms with Gasteiger partial charge in [-0.25, -0.2) is 4.39 Å². The number of carbonyl (C=O) groups is 1. The first kappa shape index (κ1) is 24.0. The first-order valence-electron chi connectivity index (χ1n) is 11.1. The molecule has 1 aliphatic carbocycles. The molecule has 5 atom stereocenters. The molecule has 2 aromatic carbocycles. The second-order valence-corrected chi connectivity index (χ2v) is 10.00. The normalized spacial score (nSPS) is 22.8. The first-order chi connectivity index (χ1) is 15.6. The van der Waals surface area contributed by atoms with Crippen molar-refractivity contribution in [2.24, 2.45) is 5.92 Å². The summed E-state index contributed by atoms with van der Waals surface area (Å²) in [4.78, 5) is 11.3. The molecule has 8 heteroatoms. The van der Waals surface area contributed by atoms with Crippen LogP contribution in [0, 0.1) is 11.7 Å². The summed E-state index contributed by atoms with van der Waals surface area (Å²) in [7, 11) is 0. The van der Waals surface area contributed by atoms with Gasteiger partial charge in [0.15, 0.2) is 0 Å². The van der Waals surface area contributed by atoms with Crippen LogP contribution in [-0.2, 0) is 16.0 Å². The number of aliphatic hydroxyl groups excluding tert-OH is 1. The molecule has 1 aliphatic heterocycles. The third kappa shape index (κ3) is 5.32. The zero-order valence-electron chi connectivity index (χ0n) is 18.8. The summed E-state index contributed by atoms with van der Waals surface area (Å²) in [6.45, 7) is 6.32. The summed E-state index contributed by atoms with van der Waals surface area (Å²) in [5, 5.41) is 23.1. The van der Waals surface area contributed by atoms with Crippen molar-refractivity contribution in [2.75, 3.05) is 13.2 Å². The number of nitrogens with one attached hydrogen (secondary N) is 1. The third-order valence-electron chi connectivity index (χ3n) is 6.35. The van der Waals surface area contributed by atoms with E-state index in [1.807, 2.05) is 39.0 Å². The highest BCUT2D eigenvalue weighted by atomic mass is 35.5. The number of benzene rings is 2. The predicted octanol–water partition coefficient (Wildman–Crippen LogP) is 4.09. The molecule has 4 rings (SSSR count). The van der Waals surface area contributed by atoms with Crippen LogP contribution in [0.3, 0.4) is 0 Å². The van der Waals surface area contributed by atoms with Crippen LogP contribution in [0.15, 0.2) is 36.4 Å². The van der Waals surface area contributed by atoms with Crippen LogP contribution >= 0.6 is 11.6 Å². The van der Waals surface area contributed by atoms with Crippen molar-refractivity contribution in [3.63, 3.8) is 0 Å². The highest BCUT2D eigenvalue weighted by molar-refractivity contribution is 6.30. The van der Waals surface area contributed by atoms with Gasteiger partial charge in [0.05, 0.1) is 23.8 Å². The molecule has 0 amide bonds. The summed E-state index contributed by atoms with van der Waals surface area (Å²) >= 11 is 5.75. The van der Waals surface area contributed by atoms with Gasteiger partial charge in [0.1, 0.15) is 23.6 Å². The van der Waals surface area contributed by atoms with E-state index in [0.717, 1.165) is 22.4 Å². The van der Waals surface area contributed by atoms with E-state index in [2.05, 4.69) is 5.32 Å². The van der Waals surface area contributed by atoms with Gasteiger partial charge in [0.2, 0.25) is 0 Å². The van der Waals surface area contributed by atoms with Crippen LogP contribution in [0.2, 0.25) is 5.02 Å². The Hall–Kier alpha value is -2.19. The summed E-state index contributed by atoms with van der Waals surface area (Å²) in [5.41, 5.74) is 2.29. The zero-order valence-corrected chi connectivity index (χ0v) is 19.6. The molecule has 0 bridgehead atoms. The van der Waals surface area contributed by atoms with Crippen molar-refractivity contribution >= 4 is 17.6 Å². The number of hydrogen-bond donors (Lipinski definition) is 3. The van der Waals surface area contributed by atoms with Gasteiger partial charge in [-0.05, 0) is 62.6 Å². The molecular formula is C25H29ClFNO5. The maximum atomic E-state index is 13.7. The van der Waals surface area contributed by atoms with E-state index in [9.17, 15) is 19.4 Å². The van der Waals surface area contributed by atoms with E-state index in [1.54, 1.807) is 12.1 Å². The van der Waals surface area contributed by atoms with Crippen LogP contribution < -0.4 is 10.1 Å². The lowest BCUT2D eigenvalue weighted by Crippen LogP contribution is -2.46. The van der Waals surface area contributed by atoms with Crippen LogP contribution in [0.25, 0.3) is 0 Å². The van der Waals surface area contributed by atoms with Crippen molar-refractivity contribution in [1.29, 1.82) is 0 Å². The minimum atomic E-state index is -0.829. The molecule has 2 aromatic rings. The fourth-order valence-corrected chi connectivity index (χ4v) is 4.57. The van der Waals surface area contributed by atoms with E-state index in [4.69, 9.17) is 21.1 Å². The number of rotatable bonds is 10. The number of aliphatic carboxylic acids is 1. The number of carboxylic acid groups (broad SMARTS) is 1. The maximum Gasteiger partial charge on any atom is 0.311 e. The van der Waals surface area contributed by atoms with Crippen LogP contribution in [0.4, 0.5) is 4.39 Å². The van der Waals surface area contributed by atoms with Gasteiger partial charge in [-0.2, -0.15) is 0 Å². The van der Waals surface area contributed by atoms with Crippen molar-refractivity contribution in [3.05, 3.63) is 63.9 Å². The molecule has 0 saturated heterocycles. The fourth-order valence-electron chi connectivity index (χ4n) is 4.46. The highest BCUT2D eigenvalue weighted by Crippen LogP contribution is 2.58. The Morgan fingerprint density at radius 1 is 1.30 bits per heavy atom. The molecule has 0 spiro atoms. The Balaban J connectivity index is 1.25. The lowest BCUT2D eigenvalue weighted by atomic mass is 9.94. The number of fused-ring (bicyclic) bond motifs is 3. The molecule has 0 radical (unpaired) electrons. The van der Waals surface area contributed by atoms with Crippen LogP contribution in [0.5, 0.6) is 5.75 Å². The minimum absolute atomic E-state index is 0.0872. The average molecular weight is 478 g/mol. The van der Waals surface area contributed by atoms with E-state index < -0.39 is 23.8 Å². The van der Waals surface area contributed by atoms with Gasteiger partial charge >= 0.3 is 5.97 Å². The van der Waals surface area contributed by atoms with Gasteiger partial charge in [-0.3, -0.25) is 4.79 Å². The van der Waals surface area contributed by atoms with Gasteiger partial charge < -0.3 is 25.0 Å². The smallest absolute Gasteiger partial charge is 0.311 e. The monoisotopic (exact) mass is 477 g/mol. The molecule has 33 heavy (non-hydrogen) atoms. The topological polar surface area (TPSA) is 88.0 Å². The molecule has 5 unspecified atom stereocenters. The van der Waals surface area contributed by atoms with Gasteiger partial charge in [-0.15, -0.1) is 0 Å². The summed E-state index contributed by atoms with van der Waals surface area (Å²) in [6.07, 6.45) is -0.682. The van der Waals surface area contributed by atoms with Gasteiger partial charge in [0.25, 0.3) is 0 Å². The summed E-state index contributed by atoms with van der Waals surface area (Å²) in [5.74, 6) is -1.09. The number of β-amino-alcohol motifs (C(OH)–C–C–N with tert-alkyl or cyclic N) is 1. The van der Waals surface area contributed by atoms with Crippen molar-refractivity contribution < 1.29 is 28.9 Å². The lowest BCUT2D eigenvalue weighted by molar-refractivity contribution is -0.139. The molecule has 178 valence electrons. The van der Waals surface area contributed by atoms with E-state index in [1.165, 1.54) is 6.07 Å². The second kappa shape index (κ2) is 9.22. The number of aliphatic hydroxyl groups is 1. The molecule has 1 fully saturated rings. The standard InChI is InChI=1S/C25H29ClFNO5/c1-13(15-5-7-20-17(9-15)21-22(24(30)31)23(21)33-20)32-12-16(29)11-28-25(2,3)10-14-4-6-18(26)19(27)8-14/h4-9,13,16,21-23,28-29H,10-12H2,1-3H3,(H,30,31). The zero-order chi connectivity index (χ0) is 23.9. The van der Waals surface area contributed by atoms with Crippen molar-refractivity contribution in [2.45, 2.75) is 57.0 Å². The quantitative estimate of drug-likeness (QED) is 0.478. The Morgan fingerprint density at radius 3 is 2.76 bits per heavy atom. The summed E-state index contributed by atoms with van der Waals surface area (Å²) in [6, 6.07) is 10.5. The average Bonchev–Trinajstić information content (AvgIpc) is 3.36. The van der Waals surface area contributed by atoms with E-state index in [0.29, 0.717) is 13.0 Å². The molecule has 2 aliphatic rings. The molecular weight excluding hydrogens is 449 g/mol. The van der Waals surface area contributed by atoms with Crippen molar-refractivity contribution in [1.82, 2.24) is 5.32 Å². The summed E-state index contributed by atoms with van der Waals surface area (Å²) < 4.78 is 25.3. The fraction of sp³-hybridized carbons (Fsp3) is 0.480. The molecule has 0 aromatic heterocycles. The molecule has 1 saturated carbocycles. The largest absolute Gasteiger partial charge is 0.489 e. The molecule has 1 heterocycles. The molecule has 3 N–H and O–H groups in total. The van der Waals surface area contributed by atoms with Gasteiger partial charge in [0, 0.05) is 23.6 Å². The maximum absolute atomic E-state index is 13.7. The lowest BCUT2D eigenvalue weighted by Gasteiger charge is -2.28. The van der Waals surface area contributed by atoms with Crippen molar-refractivity contribution in [3.8, 4) is 5.75 Å². The minimum Gasteiger partial charge on any atom is -0.489 e. The number of halogens is 2. The SMILES string of the molecule is CC(OCC(O)CNC(C)(C)Cc1ccc(Cl)c(F)c1)c1ccc2c(c1)C1C(O2)C1C(=O)O. The number of hydrogen-bond acceptors (Lipinski definition) is 5. The van der Waals surface area contributed by atoms with E-state index in [-0.39, 0.29) is 35.3 Å². The Morgan fingerprint density at radius 2 is 2.06 bits per heavy atom. The first-order valence-corrected chi connectivity index (χ1v) is 11.5. The predicted molar refractivity (Wildman–Crippen MR) is 122 cm³/mol. The Labute approximate surface area is 197 Å². The van der Waals surface area contributed by atoms with E-state index >= 15 is 0 Å². The van der Waals surface area contributed by atoms with Crippen LogP contribution in [0.1, 0.15) is 49.5 Å². The Kier molecular flexibility index (Phi) is 6.69. The van der Waals surface area contributed by atoms with Crippen LogP contribution in [-0.4, -0.2) is 47.1 Å².